The lowest BCUT2D eigenvalue weighted by Gasteiger charge is -2.08. The van der Waals surface area contributed by atoms with Gasteiger partial charge in [-0.1, -0.05) is 24.3 Å². The van der Waals surface area contributed by atoms with Crippen LogP contribution in [0, 0.1) is 21.4 Å². The van der Waals surface area contributed by atoms with Gasteiger partial charge >= 0.3 is 0 Å². The predicted octanol–water partition coefficient (Wildman–Crippen LogP) is 3.38. The Kier molecular flexibility index (Phi) is 3.85. The minimum atomic E-state index is -0.419. The molecule has 3 aromatic rings. The van der Waals surface area contributed by atoms with Gasteiger partial charge in [-0.05, 0) is 17.7 Å². The summed E-state index contributed by atoms with van der Waals surface area (Å²) in [5, 5.41) is 19.7. The second kappa shape index (κ2) is 6.12. The first-order valence-corrected chi connectivity index (χ1v) is 6.92. The first kappa shape index (κ1) is 14.5. The molecule has 0 radical (unpaired) electrons. The molecule has 1 aromatic heterocycles. The fourth-order valence-corrected chi connectivity index (χ4v) is 2.34. The highest BCUT2D eigenvalue weighted by Gasteiger charge is 2.11. The number of nitrogens with zero attached hydrogens (tertiary/aromatic N) is 4. The lowest BCUT2D eigenvalue weighted by Crippen LogP contribution is -2.01. The number of hydrogen-bond donors (Lipinski definition) is 0. The Bertz CT molecular complexity index is 891. The number of nitriles is 1. The molecule has 0 spiro atoms. The molecule has 0 saturated heterocycles. The van der Waals surface area contributed by atoms with Crippen LogP contribution < -0.4 is 0 Å². The highest BCUT2D eigenvalue weighted by atomic mass is 16.6. The number of nitro benzene ring substituents is 1. The van der Waals surface area contributed by atoms with Crippen molar-refractivity contribution < 1.29 is 4.92 Å². The molecule has 0 N–H and O–H groups in total. The third kappa shape index (κ3) is 3.09. The van der Waals surface area contributed by atoms with Crippen LogP contribution in [0.4, 0.5) is 5.69 Å². The molecular formula is C17H12N4O2. The van der Waals surface area contributed by atoms with Gasteiger partial charge in [0, 0.05) is 36.6 Å². The van der Waals surface area contributed by atoms with Crippen LogP contribution in [0.1, 0.15) is 11.1 Å². The van der Waals surface area contributed by atoms with Crippen LogP contribution in [0.2, 0.25) is 0 Å². The first-order valence-electron chi connectivity index (χ1n) is 6.92. The van der Waals surface area contributed by atoms with E-state index in [9.17, 15) is 10.1 Å². The van der Waals surface area contributed by atoms with E-state index in [1.54, 1.807) is 30.5 Å². The van der Waals surface area contributed by atoms with Crippen molar-refractivity contribution in [3.8, 4) is 17.5 Å². The Morgan fingerprint density at radius 3 is 2.70 bits per heavy atom. The summed E-state index contributed by atoms with van der Waals surface area (Å²) < 4.78 is 1.92. The van der Waals surface area contributed by atoms with Crippen LogP contribution in [0.3, 0.4) is 0 Å². The average molecular weight is 304 g/mol. The molecule has 3 rings (SSSR count). The summed E-state index contributed by atoms with van der Waals surface area (Å²) in [7, 11) is 0. The van der Waals surface area contributed by atoms with Crippen molar-refractivity contribution >= 4 is 5.69 Å². The van der Waals surface area contributed by atoms with E-state index in [-0.39, 0.29) is 5.69 Å². The fourth-order valence-electron chi connectivity index (χ4n) is 2.34. The van der Waals surface area contributed by atoms with E-state index in [0.29, 0.717) is 23.5 Å². The number of imidazole rings is 1. The maximum absolute atomic E-state index is 10.9. The van der Waals surface area contributed by atoms with Crippen molar-refractivity contribution in [3.63, 3.8) is 0 Å². The van der Waals surface area contributed by atoms with Crippen LogP contribution in [0.25, 0.3) is 11.4 Å². The Morgan fingerprint density at radius 1 is 1.22 bits per heavy atom. The minimum Gasteiger partial charge on any atom is -0.327 e. The van der Waals surface area contributed by atoms with Gasteiger partial charge in [0.15, 0.2) is 0 Å². The van der Waals surface area contributed by atoms with Gasteiger partial charge < -0.3 is 4.57 Å². The van der Waals surface area contributed by atoms with Crippen LogP contribution in [-0.4, -0.2) is 14.5 Å². The number of aromatic nitrogens is 2. The number of nitro groups is 1. The SMILES string of the molecule is N#Cc1ccc(Cn2ccnc2-c2cccc([N+](=O)[O-])c2)cc1. The Morgan fingerprint density at radius 2 is 2.00 bits per heavy atom. The molecular weight excluding hydrogens is 292 g/mol. The highest BCUT2D eigenvalue weighted by Crippen LogP contribution is 2.23. The summed E-state index contributed by atoms with van der Waals surface area (Å²) in [4.78, 5) is 14.8. The normalized spacial score (nSPS) is 10.2. The topological polar surface area (TPSA) is 84.8 Å². The Labute approximate surface area is 132 Å². The summed E-state index contributed by atoms with van der Waals surface area (Å²) in [5.41, 5.74) is 2.36. The molecule has 0 bridgehead atoms. The van der Waals surface area contributed by atoms with Gasteiger partial charge in [-0.15, -0.1) is 0 Å². The van der Waals surface area contributed by atoms with Gasteiger partial charge in [-0.2, -0.15) is 5.26 Å². The van der Waals surface area contributed by atoms with Crippen LogP contribution in [0.15, 0.2) is 60.9 Å². The van der Waals surface area contributed by atoms with Gasteiger partial charge in [0.2, 0.25) is 0 Å². The van der Waals surface area contributed by atoms with E-state index in [1.807, 2.05) is 22.9 Å². The third-order valence-corrected chi connectivity index (χ3v) is 3.47. The zero-order valence-electron chi connectivity index (χ0n) is 12.1. The molecule has 6 nitrogen and oxygen atoms in total. The maximum Gasteiger partial charge on any atom is 0.270 e. The predicted molar refractivity (Wildman–Crippen MR) is 84.6 cm³/mol. The molecule has 0 aliphatic heterocycles. The van der Waals surface area contributed by atoms with Gasteiger partial charge in [-0.25, -0.2) is 4.98 Å². The monoisotopic (exact) mass is 304 g/mol. The van der Waals surface area contributed by atoms with E-state index >= 15 is 0 Å². The second-order valence-electron chi connectivity index (χ2n) is 4.99. The van der Waals surface area contributed by atoms with Gasteiger partial charge in [0.05, 0.1) is 16.6 Å². The summed E-state index contributed by atoms with van der Waals surface area (Å²) in [6.07, 6.45) is 3.49. The zero-order chi connectivity index (χ0) is 16.2. The molecule has 6 heteroatoms. The van der Waals surface area contributed by atoms with Gasteiger partial charge in [-0.3, -0.25) is 10.1 Å². The lowest BCUT2D eigenvalue weighted by molar-refractivity contribution is -0.384. The summed E-state index contributed by atoms with van der Waals surface area (Å²) in [5.74, 6) is 0.665. The molecule has 0 amide bonds. The standard InChI is InChI=1S/C17H12N4O2/c18-11-13-4-6-14(7-5-13)12-20-9-8-19-17(20)15-2-1-3-16(10-15)21(22)23/h1-10H,12H2. The van der Waals surface area contributed by atoms with Crippen molar-refractivity contribution in [2.24, 2.45) is 0 Å². The molecule has 1 heterocycles. The van der Waals surface area contributed by atoms with Crippen molar-refractivity contribution in [2.45, 2.75) is 6.54 Å². The second-order valence-corrected chi connectivity index (χ2v) is 4.99. The van der Waals surface area contributed by atoms with Gasteiger partial charge in [0.1, 0.15) is 5.82 Å². The summed E-state index contributed by atoms with van der Waals surface area (Å²) in [6, 6.07) is 15.8. The molecule has 112 valence electrons. The van der Waals surface area contributed by atoms with Crippen molar-refractivity contribution in [3.05, 3.63) is 82.2 Å². The molecule has 0 aliphatic carbocycles. The first-order chi connectivity index (χ1) is 11.2. The van der Waals surface area contributed by atoms with E-state index in [2.05, 4.69) is 11.1 Å². The number of non-ortho nitro benzene ring substituents is 1. The quantitative estimate of drug-likeness (QED) is 0.546. The molecule has 0 unspecified atom stereocenters. The van der Waals surface area contributed by atoms with Crippen LogP contribution in [0.5, 0.6) is 0 Å². The summed E-state index contributed by atoms with van der Waals surface area (Å²) >= 11 is 0. The molecule has 0 fully saturated rings. The van der Waals surface area contributed by atoms with Crippen molar-refractivity contribution in [2.75, 3.05) is 0 Å². The smallest absolute Gasteiger partial charge is 0.270 e. The molecule has 0 saturated carbocycles. The van der Waals surface area contributed by atoms with Crippen molar-refractivity contribution in [1.82, 2.24) is 9.55 Å². The molecule has 0 aliphatic rings. The largest absolute Gasteiger partial charge is 0.327 e. The number of benzene rings is 2. The van der Waals surface area contributed by atoms with Crippen LogP contribution in [-0.2, 0) is 6.54 Å². The average Bonchev–Trinajstić information content (AvgIpc) is 3.04. The van der Waals surface area contributed by atoms with E-state index in [4.69, 9.17) is 5.26 Å². The lowest BCUT2D eigenvalue weighted by atomic mass is 10.1. The zero-order valence-corrected chi connectivity index (χ0v) is 12.1. The van der Waals surface area contributed by atoms with E-state index in [0.717, 1.165) is 5.56 Å². The number of rotatable bonds is 4. The molecule has 2 aromatic carbocycles. The Hall–Kier alpha value is -3.46. The van der Waals surface area contributed by atoms with Crippen molar-refractivity contribution in [1.29, 1.82) is 5.26 Å². The maximum atomic E-state index is 10.9. The third-order valence-electron chi connectivity index (χ3n) is 3.47. The molecule has 0 atom stereocenters. The molecule has 23 heavy (non-hydrogen) atoms. The highest BCUT2D eigenvalue weighted by molar-refractivity contribution is 5.59. The van der Waals surface area contributed by atoms with E-state index < -0.39 is 4.92 Å². The van der Waals surface area contributed by atoms with E-state index in [1.165, 1.54) is 12.1 Å². The van der Waals surface area contributed by atoms with Gasteiger partial charge in [0.25, 0.3) is 5.69 Å². The number of hydrogen-bond acceptors (Lipinski definition) is 4. The minimum absolute atomic E-state index is 0.0374. The summed E-state index contributed by atoms with van der Waals surface area (Å²) in [6.45, 7) is 0.573. The Balaban J connectivity index is 1.91. The van der Waals surface area contributed by atoms with Crippen LogP contribution >= 0.6 is 0 Å². The fraction of sp³-hybridized carbons (Fsp3) is 0.0588.